The van der Waals surface area contributed by atoms with E-state index in [2.05, 4.69) is 10.7 Å². The SMILES string of the molecule is COc1ccccc1C(=O)NN1CCC(=O)N2CCCC(C(=O)NC(C=O)CC(=O)O)N2C1=O. The number of fused-ring (bicyclic) bond motifs is 1. The van der Waals surface area contributed by atoms with Crippen LogP contribution in [0.5, 0.6) is 5.75 Å². The summed E-state index contributed by atoms with van der Waals surface area (Å²) in [6.07, 6.45) is 0.153. The second kappa shape index (κ2) is 10.6. The van der Waals surface area contributed by atoms with Crippen molar-refractivity contribution in [1.82, 2.24) is 25.8 Å². The Morgan fingerprint density at radius 2 is 1.97 bits per heavy atom. The van der Waals surface area contributed by atoms with Crippen molar-refractivity contribution < 1.29 is 38.6 Å². The summed E-state index contributed by atoms with van der Waals surface area (Å²) in [5, 5.41) is 14.3. The number of nitrogens with zero attached hydrogens (tertiary/aromatic N) is 3. The molecule has 2 aliphatic heterocycles. The Kier molecular flexibility index (Phi) is 7.66. The van der Waals surface area contributed by atoms with E-state index >= 15 is 0 Å². The van der Waals surface area contributed by atoms with E-state index < -0.39 is 48.2 Å². The lowest BCUT2D eigenvalue weighted by Gasteiger charge is -2.42. The van der Waals surface area contributed by atoms with Crippen molar-refractivity contribution in [2.75, 3.05) is 20.2 Å². The van der Waals surface area contributed by atoms with Crippen molar-refractivity contribution in [2.45, 2.75) is 37.8 Å². The number of benzene rings is 1. The molecule has 5 amide bonds. The maximum atomic E-state index is 13.4. The van der Waals surface area contributed by atoms with Gasteiger partial charge in [-0.3, -0.25) is 24.6 Å². The number of methoxy groups -OCH3 is 1. The molecule has 2 aliphatic rings. The van der Waals surface area contributed by atoms with Gasteiger partial charge < -0.3 is 20.0 Å². The average Bonchev–Trinajstić information content (AvgIpc) is 2.95. The molecular formula is C21H25N5O8. The molecule has 0 spiro atoms. The van der Waals surface area contributed by atoms with Gasteiger partial charge in [0.15, 0.2) is 0 Å². The van der Waals surface area contributed by atoms with Crippen LogP contribution in [0.3, 0.4) is 0 Å². The number of carbonyl (C=O) groups excluding carboxylic acids is 5. The number of aliphatic carboxylic acids is 1. The molecule has 0 radical (unpaired) electrons. The van der Waals surface area contributed by atoms with Crippen LogP contribution < -0.4 is 15.5 Å². The van der Waals surface area contributed by atoms with Crippen LogP contribution in [-0.2, 0) is 19.2 Å². The van der Waals surface area contributed by atoms with Crippen LogP contribution in [0.4, 0.5) is 4.79 Å². The lowest BCUT2D eigenvalue weighted by atomic mass is 10.1. The summed E-state index contributed by atoms with van der Waals surface area (Å²) >= 11 is 0. The Balaban J connectivity index is 1.83. The first kappa shape index (κ1) is 24.5. The van der Waals surface area contributed by atoms with Crippen molar-refractivity contribution in [3.63, 3.8) is 0 Å². The van der Waals surface area contributed by atoms with E-state index in [1.807, 2.05) is 0 Å². The van der Waals surface area contributed by atoms with Crippen LogP contribution in [0.1, 0.15) is 36.0 Å². The zero-order valence-corrected chi connectivity index (χ0v) is 18.4. The minimum Gasteiger partial charge on any atom is -0.496 e. The van der Waals surface area contributed by atoms with Gasteiger partial charge in [-0.15, -0.1) is 0 Å². The lowest BCUT2D eigenvalue weighted by Crippen LogP contribution is -2.64. The molecule has 34 heavy (non-hydrogen) atoms. The van der Waals surface area contributed by atoms with Crippen molar-refractivity contribution in [3.05, 3.63) is 29.8 Å². The van der Waals surface area contributed by atoms with Gasteiger partial charge in [0.1, 0.15) is 18.1 Å². The summed E-state index contributed by atoms with van der Waals surface area (Å²) < 4.78 is 5.17. The Hall–Kier alpha value is -4.16. The van der Waals surface area contributed by atoms with Gasteiger partial charge in [0, 0.05) is 13.0 Å². The number of para-hydroxylation sites is 1. The fraction of sp³-hybridized carbons (Fsp3) is 0.429. The van der Waals surface area contributed by atoms with E-state index in [1.54, 1.807) is 18.2 Å². The molecule has 1 aromatic rings. The summed E-state index contributed by atoms with van der Waals surface area (Å²) in [5.74, 6) is -2.84. The fourth-order valence-corrected chi connectivity index (χ4v) is 3.83. The van der Waals surface area contributed by atoms with Crippen LogP contribution in [0.2, 0.25) is 0 Å². The molecule has 2 heterocycles. The summed E-state index contributed by atoms with van der Waals surface area (Å²) in [6, 6.07) is 3.11. The predicted molar refractivity (Wildman–Crippen MR) is 114 cm³/mol. The minimum atomic E-state index is -1.29. The molecule has 0 aromatic heterocycles. The highest BCUT2D eigenvalue weighted by molar-refractivity contribution is 5.98. The summed E-state index contributed by atoms with van der Waals surface area (Å²) in [4.78, 5) is 73.9. The van der Waals surface area contributed by atoms with Crippen molar-refractivity contribution in [3.8, 4) is 5.75 Å². The van der Waals surface area contributed by atoms with Gasteiger partial charge >= 0.3 is 12.0 Å². The number of urea groups is 1. The first-order valence-corrected chi connectivity index (χ1v) is 10.6. The second-order valence-electron chi connectivity index (χ2n) is 7.69. The fourth-order valence-electron chi connectivity index (χ4n) is 3.83. The molecule has 0 aliphatic carbocycles. The van der Waals surface area contributed by atoms with Crippen LogP contribution in [0.15, 0.2) is 24.3 Å². The smallest absolute Gasteiger partial charge is 0.358 e. The number of ether oxygens (including phenoxy) is 1. The summed E-state index contributed by atoms with van der Waals surface area (Å²) in [5.41, 5.74) is 2.64. The molecule has 182 valence electrons. The molecule has 2 unspecified atom stereocenters. The number of aldehydes is 1. The number of hydrogen-bond donors (Lipinski definition) is 3. The van der Waals surface area contributed by atoms with Crippen molar-refractivity contribution in [1.29, 1.82) is 0 Å². The van der Waals surface area contributed by atoms with E-state index in [-0.39, 0.29) is 37.2 Å². The maximum absolute atomic E-state index is 13.4. The number of nitrogens with one attached hydrogen (secondary N) is 2. The highest BCUT2D eigenvalue weighted by atomic mass is 16.5. The zero-order chi connectivity index (χ0) is 24.8. The van der Waals surface area contributed by atoms with E-state index in [0.717, 1.165) is 15.0 Å². The number of carboxylic acid groups (broad SMARTS) is 1. The molecule has 13 nitrogen and oxygen atoms in total. The predicted octanol–water partition coefficient (Wildman–Crippen LogP) is -0.468. The van der Waals surface area contributed by atoms with E-state index in [4.69, 9.17) is 9.84 Å². The quantitative estimate of drug-likeness (QED) is 0.425. The van der Waals surface area contributed by atoms with Gasteiger partial charge in [-0.1, -0.05) is 12.1 Å². The van der Waals surface area contributed by atoms with Gasteiger partial charge in [-0.25, -0.2) is 19.8 Å². The first-order chi connectivity index (χ1) is 16.3. The largest absolute Gasteiger partial charge is 0.496 e. The molecule has 3 N–H and O–H groups in total. The third-order valence-electron chi connectivity index (χ3n) is 5.44. The van der Waals surface area contributed by atoms with Crippen molar-refractivity contribution in [2.24, 2.45) is 0 Å². The number of carbonyl (C=O) groups is 6. The zero-order valence-electron chi connectivity index (χ0n) is 18.4. The second-order valence-corrected chi connectivity index (χ2v) is 7.69. The monoisotopic (exact) mass is 475 g/mol. The topological polar surface area (TPSA) is 166 Å². The Labute approximate surface area is 194 Å². The van der Waals surface area contributed by atoms with Crippen LogP contribution in [0, 0.1) is 0 Å². The van der Waals surface area contributed by atoms with Gasteiger partial charge in [0.05, 0.1) is 31.7 Å². The Morgan fingerprint density at radius 3 is 2.65 bits per heavy atom. The van der Waals surface area contributed by atoms with Crippen molar-refractivity contribution >= 4 is 36.0 Å². The summed E-state index contributed by atoms with van der Waals surface area (Å²) in [7, 11) is 1.40. The maximum Gasteiger partial charge on any atom is 0.358 e. The Bertz CT molecular complexity index is 999. The molecule has 0 bridgehead atoms. The number of amides is 5. The lowest BCUT2D eigenvalue weighted by molar-refractivity contribution is -0.155. The highest BCUT2D eigenvalue weighted by Crippen LogP contribution is 2.24. The summed E-state index contributed by atoms with van der Waals surface area (Å²) in [6.45, 7) is 0.0603. The minimum absolute atomic E-state index is 0.0985. The molecule has 13 heteroatoms. The molecule has 2 saturated heterocycles. The number of hydrazine groups is 2. The highest BCUT2D eigenvalue weighted by Gasteiger charge is 2.44. The third kappa shape index (κ3) is 5.24. The average molecular weight is 475 g/mol. The van der Waals surface area contributed by atoms with Gasteiger partial charge in [-0.05, 0) is 25.0 Å². The molecular weight excluding hydrogens is 450 g/mol. The number of carboxylic acids is 1. The van der Waals surface area contributed by atoms with Gasteiger partial charge in [0.2, 0.25) is 11.8 Å². The standard InChI is InChI=1S/C21H25N5O8/c1-34-16-7-3-2-5-14(16)19(31)23-24-10-8-17(28)25-9-4-6-15(26(25)21(24)33)20(32)22-13(12-27)11-18(29)30/h2-3,5,7,12-13,15H,4,6,8-11H2,1H3,(H,22,32)(H,23,31)(H,29,30). The number of hydrogen-bond acceptors (Lipinski definition) is 7. The molecule has 2 atom stereocenters. The first-order valence-electron chi connectivity index (χ1n) is 10.6. The van der Waals surface area contributed by atoms with Crippen LogP contribution >= 0.6 is 0 Å². The van der Waals surface area contributed by atoms with E-state index in [9.17, 15) is 28.8 Å². The molecule has 1 aromatic carbocycles. The normalized spacial score (nSPS) is 19.0. The number of rotatable bonds is 8. The molecule has 3 rings (SSSR count). The van der Waals surface area contributed by atoms with Gasteiger partial charge in [0.25, 0.3) is 5.91 Å². The van der Waals surface area contributed by atoms with E-state index in [1.165, 1.54) is 13.2 Å². The van der Waals surface area contributed by atoms with Gasteiger partial charge in [-0.2, -0.15) is 0 Å². The van der Waals surface area contributed by atoms with Crippen LogP contribution in [-0.4, -0.2) is 88.4 Å². The van der Waals surface area contributed by atoms with E-state index in [0.29, 0.717) is 12.7 Å². The molecule has 2 fully saturated rings. The Morgan fingerprint density at radius 1 is 1.24 bits per heavy atom. The third-order valence-corrected chi connectivity index (χ3v) is 5.44. The molecule has 0 saturated carbocycles. The van der Waals surface area contributed by atoms with Crippen LogP contribution in [0.25, 0.3) is 0 Å².